The first-order valence-electron chi connectivity index (χ1n) is 9.37. The number of sulfonamides is 1. The van der Waals surface area contributed by atoms with Gasteiger partial charge < -0.3 is 13.9 Å². The molecule has 0 saturated heterocycles. The summed E-state index contributed by atoms with van der Waals surface area (Å²) in [5.74, 6) is 0.415. The largest absolute Gasteiger partial charge is 0.467 e. The molecule has 3 heterocycles. The Hall–Kier alpha value is -2.36. The van der Waals surface area contributed by atoms with Gasteiger partial charge in [0, 0.05) is 31.2 Å². The molecule has 0 spiro atoms. The Morgan fingerprint density at radius 1 is 1.17 bits per heavy atom. The number of hydrogen-bond acceptors (Lipinski definition) is 5. The van der Waals surface area contributed by atoms with Gasteiger partial charge in [0.15, 0.2) is 0 Å². The smallest absolute Gasteiger partial charge is 0.271 e. The molecule has 0 saturated carbocycles. The van der Waals surface area contributed by atoms with Gasteiger partial charge in [0.1, 0.15) is 16.3 Å². The maximum Gasteiger partial charge on any atom is 0.271 e. The Morgan fingerprint density at radius 2 is 1.93 bits per heavy atom. The number of carbonyl (C=O) groups excluding carboxylic acids is 1. The van der Waals surface area contributed by atoms with E-state index in [4.69, 9.17) is 4.42 Å². The van der Waals surface area contributed by atoms with E-state index in [1.807, 2.05) is 23.6 Å². The van der Waals surface area contributed by atoms with Crippen molar-refractivity contribution in [2.45, 2.75) is 31.8 Å². The van der Waals surface area contributed by atoms with Gasteiger partial charge in [-0.3, -0.25) is 4.79 Å². The van der Waals surface area contributed by atoms with Crippen molar-refractivity contribution in [2.75, 3.05) is 13.1 Å². The lowest BCUT2D eigenvalue weighted by molar-refractivity contribution is 0.0710. The minimum atomic E-state index is -3.64. The van der Waals surface area contributed by atoms with Crippen LogP contribution in [0.25, 0.3) is 0 Å². The highest BCUT2D eigenvalue weighted by Crippen LogP contribution is 2.22. The van der Waals surface area contributed by atoms with Gasteiger partial charge in [0.2, 0.25) is 10.0 Å². The Bertz CT molecular complexity index is 998. The number of hydrogen-bond donors (Lipinski definition) is 0. The molecule has 29 heavy (non-hydrogen) atoms. The topological polar surface area (TPSA) is 75.8 Å². The number of nitrogens with zero attached hydrogens (tertiary/aromatic N) is 3. The van der Waals surface area contributed by atoms with E-state index in [-0.39, 0.29) is 10.8 Å². The molecule has 3 rings (SSSR count). The summed E-state index contributed by atoms with van der Waals surface area (Å²) in [5.41, 5.74) is 0.318. The lowest BCUT2D eigenvalue weighted by Gasteiger charge is -2.21. The third-order valence-electron chi connectivity index (χ3n) is 4.68. The molecule has 0 aliphatic heterocycles. The summed E-state index contributed by atoms with van der Waals surface area (Å²) in [4.78, 5) is 16.2. The van der Waals surface area contributed by atoms with Crippen LogP contribution in [0.3, 0.4) is 0 Å². The van der Waals surface area contributed by atoms with E-state index in [1.165, 1.54) is 16.6 Å². The van der Waals surface area contributed by atoms with E-state index in [0.717, 1.165) is 4.88 Å². The van der Waals surface area contributed by atoms with E-state index >= 15 is 0 Å². The second-order valence-corrected chi connectivity index (χ2v) is 9.55. The molecule has 3 aromatic heterocycles. The van der Waals surface area contributed by atoms with Crippen molar-refractivity contribution in [2.24, 2.45) is 7.05 Å². The number of carbonyl (C=O) groups is 1. The van der Waals surface area contributed by atoms with Crippen molar-refractivity contribution in [1.82, 2.24) is 13.8 Å². The van der Waals surface area contributed by atoms with E-state index in [9.17, 15) is 13.2 Å². The minimum absolute atomic E-state index is 0.126. The molecule has 0 aliphatic carbocycles. The Balaban J connectivity index is 1.92. The molecule has 3 aromatic rings. The molecule has 9 heteroatoms. The number of aryl methyl sites for hydroxylation is 1. The first-order valence-corrected chi connectivity index (χ1v) is 11.7. The van der Waals surface area contributed by atoms with Crippen LogP contribution in [-0.2, 0) is 30.2 Å². The SMILES string of the molecule is CCN(CC)S(=O)(=O)c1cc(C(=O)N(Cc2ccco2)Cc2cccs2)n(C)c1. The molecule has 7 nitrogen and oxygen atoms in total. The van der Waals surface area contributed by atoms with Crippen LogP contribution >= 0.6 is 11.3 Å². The maximum atomic E-state index is 13.3. The van der Waals surface area contributed by atoms with Crippen molar-refractivity contribution in [3.63, 3.8) is 0 Å². The molecular weight excluding hydrogens is 410 g/mol. The number of aromatic nitrogens is 1. The fourth-order valence-electron chi connectivity index (χ4n) is 3.14. The van der Waals surface area contributed by atoms with E-state index < -0.39 is 10.0 Å². The zero-order valence-electron chi connectivity index (χ0n) is 16.7. The van der Waals surface area contributed by atoms with Gasteiger partial charge in [0.25, 0.3) is 5.91 Å². The molecule has 0 aliphatic rings. The van der Waals surface area contributed by atoms with Gasteiger partial charge in [-0.25, -0.2) is 8.42 Å². The Labute approximate surface area is 175 Å². The molecule has 0 radical (unpaired) electrons. The standard InChI is InChI=1S/C20H25N3O4S2/c1-4-23(5-2)29(25,26)18-12-19(21(3)15-18)20(24)22(13-16-8-6-10-27-16)14-17-9-7-11-28-17/h6-12,15H,4-5,13-14H2,1-3H3. The van der Waals surface area contributed by atoms with E-state index in [1.54, 1.807) is 54.0 Å². The number of furan rings is 1. The third-order valence-corrected chi connectivity index (χ3v) is 7.56. The molecule has 0 aromatic carbocycles. The second-order valence-electron chi connectivity index (χ2n) is 6.58. The fourth-order valence-corrected chi connectivity index (χ4v) is 5.39. The molecule has 0 unspecified atom stereocenters. The maximum absolute atomic E-state index is 13.3. The predicted octanol–water partition coefficient (Wildman–Crippen LogP) is 3.55. The average molecular weight is 436 g/mol. The monoisotopic (exact) mass is 435 g/mol. The first kappa shape index (κ1) is 21.4. The number of thiophene rings is 1. The normalized spacial score (nSPS) is 11.9. The quantitative estimate of drug-likeness (QED) is 0.515. The zero-order chi connectivity index (χ0) is 21.0. The van der Waals surface area contributed by atoms with Crippen LogP contribution < -0.4 is 0 Å². The summed E-state index contributed by atoms with van der Waals surface area (Å²) in [6, 6.07) is 8.96. The van der Waals surface area contributed by atoms with Gasteiger partial charge >= 0.3 is 0 Å². The summed E-state index contributed by atoms with van der Waals surface area (Å²) >= 11 is 1.57. The minimum Gasteiger partial charge on any atom is -0.467 e. The van der Waals surface area contributed by atoms with Crippen molar-refractivity contribution < 1.29 is 17.6 Å². The Morgan fingerprint density at radius 3 is 2.52 bits per heavy atom. The van der Waals surface area contributed by atoms with Crippen LogP contribution in [0.1, 0.15) is 35.0 Å². The number of rotatable bonds is 9. The Kier molecular flexibility index (Phi) is 6.61. The number of amides is 1. The first-order chi connectivity index (χ1) is 13.9. The van der Waals surface area contributed by atoms with Crippen molar-refractivity contribution in [3.05, 3.63) is 64.5 Å². The third kappa shape index (κ3) is 4.63. The lowest BCUT2D eigenvalue weighted by atomic mass is 10.3. The van der Waals surface area contributed by atoms with Crippen LogP contribution in [0.5, 0.6) is 0 Å². The summed E-state index contributed by atoms with van der Waals surface area (Å²) in [6.07, 6.45) is 3.07. The van der Waals surface area contributed by atoms with Gasteiger partial charge in [-0.15, -0.1) is 11.3 Å². The highest BCUT2D eigenvalue weighted by molar-refractivity contribution is 7.89. The van der Waals surface area contributed by atoms with Crippen LogP contribution in [0.15, 0.2) is 57.5 Å². The highest BCUT2D eigenvalue weighted by atomic mass is 32.2. The predicted molar refractivity (Wildman–Crippen MR) is 112 cm³/mol. The van der Waals surface area contributed by atoms with Crippen molar-refractivity contribution in [3.8, 4) is 0 Å². The molecule has 0 bridgehead atoms. The van der Waals surface area contributed by atoms with Crippen LogP contribution in [0.4, 0.5) is 0 Å². The van der Waals surface area contributed by atoms with Crippen LogP contribution in [0.2, 0.25) is 0 Å². The fraction of sp³-hybridized carbons (Fsp3) is 0.350. The summed E-state index contributed by atoms with van der Waals surface area (Å²) in [7, 11) is -1.95. The van der Waals surface area contributed by atoms with Crippen LogP contribution in [-0.4, -0.2) is 41.2 Å². The molecule has 0 atom stereocenters. The second kappa shape index (κ2) is 8.98. The average Bonchev–Trinajstić information content (AvgIpc) is 3.44. The lowest BCUT2D eigenvalue weighted by Crippen LogP contribution is -2.31. The van der Waals surface area contributed by atoms with Gasteiger partial charge in [-0.2, -0.15) is 4.31 Å². The van der Waals surface area contributed by atoms with Gasteiger partial charge in [-0.05, 0) is 29.6 Å². The van der Waals surface area contributed by atoms with Gasteiger partial charge in [-0.1, -0.05) is 19.9 Å². The van der Waals surface area contributed by atoms with E-state index in [0.29, 0.717) is 37.6 Å². The highest BCUT2D eigenvalue weighted by Gasteiger charge is 2.27. The van der Waals surface area contributed by atoms with Crippen molar-refractivity contribution >= 4 is 27.3 Å². The summed E-state index contributed by atoms with van der Waals surface area (Å²) < 4.78 is 34.0. The zero-order valence-corrected chi connectivity index (χ0v) is 18.4. The van der Waals surface area contributed by atoms with Crippen molar-refractivity contribution in [1.29, 1.82) is 0 Å². The molecule has 156 valence electrons. The summed E-state index contributed by atoms with van der Waals surface area (Å²) in [6.45, 7) is 5.05. The molecule has 0 N–H and O–H groups in total. The van der Waals surface area contributed by atoms with E-state index in [2.05, 4.69) is 0 Å². The van der Waals surface area contributed by atoms with Gasteiger partial charge in [0.05, 0.1) is 19.4 Å². The molecule has 0 fully saturated rings. The van der Waals surface area contributed by atoms with Crippen LogP contribution in [0, 0.1) is 0 Å². The summed E-state index contributed by atoms with van der Waals surface area (Å²) in [5, 5.41) is 1.96. The molecular formula is C20H25N3O4S2. The molecule has 1 amide bonds.